The normalized spacial score (nSPS) is 11.3. The minimum atomic E-state index is -0.311. The maximum atomic E-state index is 13.2. The van der Waals surface area contributed by atoms with E-state index in [9.17, 15) is 4.39 Å². The molecule has 0 aliphatic rings. The Morgan fingerprint density at radius 2 is 2.17 bits per heavy atom. The van der Waals surface area contributed by atoms with Gasteiger partial charge in [-0.1, -0.05) is 0 Å². The van der Waals surface area contributed by atoms with E-state index < -0.39 is 0 Å². The molecule has 3 rings (SSSR count). The highest BCUT2D eigenvalue weighted by Crippen LogP contribution is 2.22. The van der Waals surface area contributed by atoms with Gasteiger partial charge < -0.3 is 0 Å². The number of aromatic nitrogens is 4. The number of imidazole rings is 1. The molecule has 2 aromatic heterocycles. The van der Waals surface area contributed by atoms with Crippen LogP contribution in [0.15, 0.2) is 30.5 Å². The van der Waals surface area contributed by atoms with Crippen LogP contribution in [-0.2, 0) is 12.9 Å². The first kappa shape index (κ1) is 11.2. The number of halogens is 2. The van der Waals surface area contributed by atoms with Crippen LogP contribution in [0.4, 0.5) is 4.39 Å². The maximum Gasteiger partial charge on any atom is 0.160 e. The van der Waals surface area contributed by atoms with Gasteiger partial charge >= 0.3 is 0 Å². The Morgan fingerprint density at radius 3 is 2.83 bits per heavy atom. The lowest BCUT2D eigenvalue weighted by atomic mass is 10.3. The number of nitrogens with zero attached hydrogens (tertiary/aromatic N) is 4. The molecule has 0 unspecified atom stereocenters. The summed E-state index contributed by atoms with van der Waals surface area (Å²) < 4.78 is 16.7. The Labute approximate surface area is 108 Å². The van der Waals surface area contributed by atoms with E-state index in [1.54, 1.807) is 10.7 Å². The highest BCUT2D eigenvalue weighted by molar-refractivity contribution is 6.17. The van der Waals surface area contributed by atoms with Gasteiger partial charge in [0.15, 0.2) is 5.82 Å². The third kappa shape index (κ3) is 1.67. The van der Waals surface area contributed by atoms with Gasteiger partial charge in [0, 0.05) is 25.4 Å². The SMILES string of the molecule is Cn1ccc(-n2c(CCl)nc3cc(F)ccc32)n1. The Hall–Kier alpha value is -1.88. The summed E-state index contributed by atoms with van der Waals surface area (Å²) in [4.78, 5) is 4.32. The molecule has 6 heteroatoms. The maximum absolute atomic E-state index is 13.2. The smallest absolute Gasteiger partial charge is 0.160 e. The molecule has 0 saturated heterocycles. The first-order valence-corrected chi connectivity index (χ1v) is 5.95. The lowest BCUT2D eigenvalue weighted by molar-refractivity contribution is 0.629. The average molecular weight is 265 g/mol. The quantitative estimate of drug-likeness (QED) is 0.667. The molecule has 0 bridgehead atoms. The second-order valence-electron chi connectivity index (χ2n) is 3.98. The van der Waals surface area contributed by atoms with Gasteiger partial charge in [0.1, 0.15) is 11.6 Å². The molecule has 0 saturated carbocycles. The van der Waals surface area contributed by atoms with E-state index in [1.165, 1.54) is 12.1 Å². The van der Waals surface area contributed by atoms with Gasteiger partial charge in [0.05, 0.1) is 16.9 Å². The minimum absolute atomic E-state index is 0.243. The summed E-state index contributed by atoms with van der Waals surface area (Å²) in [6, 6.07) is 6.34. The van der Waals surface area contributed by atoms with E-state index >= 15 is 0 Å². The summed E-state index contributed by atoms with van der Waals surface area (Å²) in [5, 5.41) is 4.32. The van der Waals surface area contributed by atoms with Gasteiger partial charge in [-0.15, -0.1) is 11.6 Å². The van der Waals surface area contributed by atoms with Crippen molar-refractivity contribution in [1.29, 1.82) is 0 Å². The van der Waals surface area contributed by atoms with Crippen molar-refractivity contribution in [3.8, 4) is 5.82 Å². The summed E-state index contributed by atoms with van der Waals surface area (Å²) in [5.74, 6) is 1.31. The number of alkyl halides is 1. The predicted molar refractivity (Wildman–Crippen MR) is 67.4 cm³/mol. The molecule has 4 nitrogen and oxygen atoms in total. The molecule has 92 valence electrons. The fraction of sp³-hybridized carbons (Fsp3) is 0.167. The number of fused-ring (bicyclic) bond motifs is 1. The molecule has 0 N–H and O–H groups in total. The number of aryl methyl sites for hydroxylation is 1. The van der Waals surface area contributed by atoms with Crippen LogP contribution in [-0.4, -0.2) is 19.3 Å². The molecule has 0 fully saturated rings. The van der Waals surface area contributed by atoms with Gasteiger partial charge in [-0.2, -0.15) is 5.10 Å². The van der Waals surface area contributed by atoms with Crippen LogP contribution in [0.3, 0.4) is 0 Å². The van der Waals surface area contributed by atoms with Crippen LogP contribution in [0.2, 0.25) is 0 Å². The van der Waals surface area contributed by atoms with Crippen molar-refractivity contribution in [2.45, 2.75) is 5.88 Å². The van der Waals surface area contributed by atoms with Gasteiger partial charge in [-0.05, 0) is 12.1 Å². The molecule has 0 aliphatic heterocycles. The van der Waals surface area contributed by atoms with E-state index in [0.29, 0.717) is 11.3 Å². The molecule has 3 aromatic rings. The van der Waals surface area contributed by atoms with Crippen molar-refractivity contribution in [2.75, 3.05) is 0 Å². The molecule has 0 spiro atoms. The minimum Gasteiger partial charge on any atom is -0.278 e. The third-order valence-electron chi connectivity index (χ3n) is 2.73. The number of hydrogen-bond acceptors (Lipinski definition) is 2. The summed E-state index contributed by atoms with van der Waals surface area (Å²) in [6.07, 6.45) is 1.84. The lowest BCUT2D eigenvalue weighted by Gasteiger charge is -2.03. The third-order valence-corrected chi connectivity index (χ3v) is 2.97. The number of hydrogen-bond donors (Lipinski definition) is 0. The van der Waals surface area contributed by atoms with Crippen LogP contribution >= 0.6 is 11.6 Å². The summed E-state index contributed by atoms with van der Waals surface area (Å²) in [6.45, 7) is 0. The van der Waals surface area contributed by atoms with Gasteiger partial charge in [-0.3, -0.25) is 9.25 Å². The zero-order valence-corrected chi connectivity index (χ0v) is 10.4. The summed E-state index contributed by atoms with van der Waals surface area (Å²) in [5.41, 5.74) is 1.38. The molecule has 0 atom stereocenters. The summed E-state index contributed by atoms with van der Waals surface area (Å²) in [7, 11) is 1.84. The highest BCUT2D eigenvalue weighted by atomic mass is 35.5. The van der Waals surface area contributed by atoms with Gasteiger partial charge in [0.25, 0.3) is 0 Å². The summed E-state index contributed by atoms with van der Waals surface area (Å²) >= 11 is 5.89. The standard InChI is InChI=1S/C12H10ClFN4/c1-17-5-4-11(16-17)18-10-3-2-8(14)6-9(10)15-12(18)7-13/h2-6H,7H2,1H3. The van der Waals surface area contributed by atoms with Crippen molar-refractivity contribution in [2.24, 2.45) is 7.05 Å². The Bertz CT molecular complexity index is 716. The lowest BCUT2D eigenvalue weighted by Crippen LogP contribution is -2.01. The van der Waals surface area contributed by atoms with Crippen LogP contribution < -0.4 is 0 Å². The Morgan fingerprint density at radius 1 is 1.33 bits per heavy atom. The fourth-order valence-corrected chi connectivity index (χ4v) is 2.15. The van der Waals surface area contributed by atoms with Crippen molar-refractivity contribution in [1.82, 2.24) is 19.3 Å². The van der Waals surface area contributed by atoms with E-state index in [1.807, 2.05) is 23.9 Å². The number of rotatable bonds is 2. The van der Waals surface area contributed by atoms with Crippen LogP contribution in [0.25, 0.3) is 16.9 Å². The molecule has 2 heterocycles. The molecule has 0 amide bonds. The molecule has 0 aliphatic carbocycles. The Kier molecular flexibility index (Phi) is 2.56. The second kappa shape index (κ2) is 4.10. The topological polar surface area (TPSA) is 35.6 Å². The Balaban J connectivity index is 2.32. The van der Waals surface area contributed by atoms with Crippen molar-refractivity contribution in [3.05, 3.63) is 42.1 Å². The monoisotopic (exact) mass is 264 g/mol. The zero-order valence-electron chi connectivity index (χ0n) is 9.64. The molecule has 18 heavy (non-hydrogen) atoms. The molecular formula is C12H10ClFN4. The number of benzene rings is 1. The fourth-order valence-electron chi connectivity index (χ4n) is 1.97. The van der Waals surface area contributed by atoms with Crippen LogP contribution in [0.1, 0.15) is 5.82 Å². The second-order valence-corrected chi connectivity index (χ2v) is 4.24. The molecule has 1 aromatic carbocycles. The first-order valence-electron chi connectivity index (χ1n) is 5.42. The highest BCUT2D eigenvalue weighted by Gasteiger charge is 2.13. The van der Waals surface area contributed by atoms with Gasteiger partial charge in [0.2, 0.25) is 0 Å². The molecular weight excluding hydrogens is 255 g/mol. The van der Waals surface area contributed by atoms with E-state index in [0.717, 1.165) is 11.3 Å². The largest absolute Gasteiger partial charge is 0.278 e. The van der Waals surface area contributed by atoms with Crippen LogP contribution in [0.5, 0.6) is 0 Å². The predicted octanol–water partition coefficient (Wildman–Crippen LogP) is 2.64. The average Bonchev–Trinajstić information content (AvgIpc) is 2.91. The van der Waals surface area contributed by atoms with Crippen molar-refractivity contribution < 1.29 is 4.39 Å². The van der Waals surface area contributed by atoms with Crippen molar-refractivity contribution in [3.63, 3.8) is 0 Å². The van der Waals surface area contributed by atoms with E-state index in [4.69, 9.17) is 11.6 Å². The van der Waals surface area contributed by atoms with Crippen LogP contribution in [0, 0.1) is 5.82 Å². The molecule has 0 radical (unpaired) electrons. The van der Waals surface area contributed by atoms with Crippen molar-refractivity contribution >= 4 is 22.6 Å². The van der Waals surface area contributed by atoms with Gasteiger partial charge in [-0.25, -0.2) is 9.37 Å². The first-order chi connectivity index (χ1) is 8.69. The van der Waals surface area contributed by atoms with E-state index in [-0.39, 0.29) is 11.7 Å². The zero-order chi connectivity index (χ0) is 12.7. The van der Waals surface area contributed by atoms with E-state index in [2.05, 4.69) is 10.1 Å².